The molecule has 0 amide bonds. The summed E-state index contributed by atoms with van der Waals surface area (Å²) in [6.45, 7) is 2.42. The molecule has 0 atom stereocenters. The van der Waals surface area contributed by atoms with E-state index in [4.69, 9.17) is 0 Å². The van der Waals surface area contributed by atoms with Gasteiger partial charge in [-0.15, -0.1) is 0 Å². The van der Waals surface area contributed by atoms with Gasteiger partial charge in [0.05, 0.1) is 0 Å². The van der Waals surface area contributed by atoms with E-state index in [1.807, 2.05) is 0 Å². The first kappa shape index (κ1) is 17.1. The zero-order chi connectivity index (χ0) is 9.80. The van der Waals surface area contributed by atoms with Crippen LogP contribution in [0.3, 0.4) is 0 Å². The Bertz CT molecular complexity index is 153. The molecule has 2 fully saturated rings. The molecule has 93 valence electrons. The van der Waals surface area contributed by atoms with Crippen molar-refractivity contribution >= 4 is 0 Å². The molecule has 16 heavy (non-hydrogen) atoms. The third-order valence-corrected chi connectivity index (χ3v) is 4.36. The molecule has 0 aromatic carbocycles. The second kappa shape index (κ2) is 9.09. The summed E-state index contributed by atoms with van der Waals surface area (Å²) in [7, 11) is 0. The minimum Gasteiger partial charge on any atom is -0.358 e. The van der Waals surface area contributed by atoms with Crippen LogP contribution in [-0.4, -0.2) is 0 Å². The molecule has 0 heterocycles. The van der Waals surface area contributed by atoms with Crippen LogP contribution in [0.25, 0.3) is 0 Å². The van der Waals surface area contributed by atoms with Gasteiger partial charge in [0.2, 0.25) is 0 Å². The van der Waals surface area contributed by atoms with Gasteiger partial charge in [-0.25, -0.2) is 0 Å². The molecule has 2 rings (SSSR count). The normalized spacial score (nSPS) is 31.3. The summed E-state index contributed by atoms with van der Waals surface area (Å²) in [5, 5.41) is 0. The summed E-state index contributed by atoms with van der Waals surface area (Å²) in [5.41, 5.74) is 0. The summed E-state index contributed by atoms with van der Waals surface area (Å²) in [5.74, 6) is 3.19. The van der Waals surface area contributed by atoms with Gasteiger partial charge in [0.25, 0.3) is 0 Å². The predicted octanol–water partition coefficient (Wildman–Crippen LogP) is 5.05. The van der Waals surface area contributed by atoms with Gasteiger partial charge in [-0.1, -0.05) is 45.4 Å². The summed E-state index contributed by atoms with van der Waals surface area (Å²) in [4.78, 5) is 0. The van der Waals surface area contributed by atoms with Crippen LogP contribution in [0.2, 0.25) is 0 Å². The van der Waals surface area contributed by atoms with Gasteiger partial charge >= 0.3 is 0 Å². The van der Waals surface area contributed by atoms with E-state index >= 15 is 0 Å². The van der Waals surface area contributed by atoms with E-state index in [0.717, 1.165) is 17.8 Å². The Morgan fingerprint density at radius 2 is 1.38 bits per heavy atom. The standard InChI is InChI=1S/C14H25.CH3.Y/c1-12-7-9-14(10-8-12)11-13-5-3-2-4-6-13;;/h2,12-14H,3-11H2,1H3;1H3;/q2*-1;. The van der Waals surface area contributed by atoms with E-state index in [9.17, 15) is 0 Å². The van der Waals surface area contributed by atoms with E-state index in [1.165, 1.54) is 51.4 Å². The zero-order valence-corrected chi connectivity index (χ0v) is 14.1. The molecule has 0 nitrogen and oxygen atoms in total. The summed E-state index contributed by atoms with van der Waals surface area (Å²) in [6, 6.07) is 0. The van der Waals surface area contributed by atoms with Crippen molar-refractivity contribution in [1.29, 1.82) is 0 Å². The molecule has 0 aliphatic heterocycles. The summed E-state index contributed by atoms with van der Waals surface area (Å²) < 4.78 is 0. The van der Waals surface area contributed by atoms with Crippen LogP contribution in [0.15, 0.2) is 0 Å². The zero-order valence-electron chi connectivity index (χ0n) is 11.3. The first-order valence-electron chi connectivity index (χ1n) is 6.66. The van der Waals surface area contributed by atoms with Crippen molar-refractivity contribution in [2.75, 3.05) is 0 Å². The monoisotopic (exact) mass is 297 g/mol. The topological polar surface area (TPSA) is 0 Å². The van der Waals surface area contributed by atoms with Gasteiger partial charge in [-0.2, -0.15) is 12.8 Å². The molecule has 0 spiro atoms. The van der Waals surface area contributed by atoms with E-state index < -0.39 is 0 Å². The van der Waals surface area contributed by atoms with Crippen LogP contribution in [0.4, 0.5) is 0 Å². The maximum absolute atomic E-state index is 2.49. The average Bonchev–Trinajstić information content (AvgIpc) is 2.23. The fourth-order valence-electron chi connectivity index (χ4n) is 3.27. The van der Waals surface area contributed by atoms with Gasteiger partial charge in [0, 0.05) is 32.7 Å². The minimum atomic E-state index is 0. The molecule has 0 N–H and O–H groups in total. The van der Waals surface area contributed by atoms with Crippen molar-refractivity contribution in [3.63, 3.8) is 0 Å². The van der Waals surface area contributed by atoms with E-state index in [0.29, 0.717) is 0 Å². The Labute approximate surface area is 128 Å². The number of rotatable bonds is 2. The largest absolute Gasteiger partial charge is 0.358 e. The Hall–Kier alpha value is 1.10. The van der Waals surface area contributed by atoms with Crippen LogP contribution in [0.1, 0.15) is 64.7 Å². The Balaban J connectivity index is 0.00000112. The first-order valence-corrected chi connectivity index (χ1v) is 6.66. The average molecular weight is 297 g/mol. The number of hydrogen-bond acceptors (Lipinski definition) is 0. The van der Waals surface area contributed by atoms with Crippen molar-refractivity contribution in [2.24, 2.45) is 17.8 Å². The summed E-state index contributed by atoms with van der Waals surface area (Å²) >= 11 is 0. The molecule has 2 saturated carbocycles. The third kappa shape index (κ3) is 5.63. The van der Waals surface area contributed by atoms with Gasteiger partial charge in [-0.3, -0.25) is 0 Å². The van der Waals surface area contributed by atoms with Crippen molar-refractivity contribution in [1.82, 2.24) is 0 Å². The second-order valence-corrected chi connectivity index (χ2v) is 5.67. The third-order valence-electron chi connectivity index (χ3n) is 4.36. The minimum absolute atomic E-state index is 0. The smallest absolute Gasteiger partial charge is 0 e. The SMILES string of the molecule is CC1CCC(CC2CC[CH-]CC2)CC1.[CH3-].[Y]. The van der Waals surface area contributed by atoms with E-state index in [1.54, 1.807) is 6.42 Å². The molecule has 0 bridgehead atoms. The van der Waals surface area contributed by atoms with E-state index in [2.05, 4.69) is 13.3 Å². The molecule has 0 saturated heterocycles. The Morgan fingerprint density at radius 1 is 0.875 bits per heavy atom. The van der Waals surface area contributed by atoms with Gasteiger partial charge in [0.15, 0.2) is 0 Å². The Kier molecular flexibility index (Phi) is 9.72. The van der Waals surface area contributed by atoms with Gasteiger partial charge < -0.3 is 13.8 Å². The molecular formula is C15H28Y-2. The number of hydrogen-bond donors (Lipinski definition) is 0. The summed E-state index contributed by atoms with van der Waals surface area (Å²) in [6.07, 6.45) is 15.9. The van der Waals surface area contributed by atoms with Crippen LogP contribution >= 0.6 is 0 Å². The van der Waals surface area contributed by atoms with Crippen LogP contribution < -0.4 is 0 Å². The van der Waals surface area contributed by atoms with Gasteiger partial charge in [-0.05, 0) is 24.2 Å². The maximum Gasteiger partial charge on any atom is 0 e. The van der Waals surface area contributed by atoms with Crippen molar-refractivity contribution in [3.05, 3.63) is 13.8 Å². The van der Waals surface area contributed by atoms with Crippen LogP contribution in [0, 0.1) is 31.6 Å². The molecule has 1 radical (unpaired) electrons. The van der Waals surface area contributed by atoms with Crippen LogP contribution in [-0.2, 0) is 32.7 Å². The van der Waals surface area contributed by atoms with Crippen LogP contribution in [0.5, 0.6) is 0 Å². The fraction of sp³-hybridized carbons (Fsp3) is 0.867. The molecule has 0 aromatic rings. The predicted molar refractivity (Wildman–Crippen MR) is 68.4 cm³/mol. The molecule has 0 aromatic heterocycles. The second-order valence-electron chi connectivity index (χ2n) is 5.67. The molecule has 2 aliphatic rings. The molecular weight excluding hydrogens is 269 g/mol. The van der Waals surface area contributed by atoms with Crippen molar-refractivity contribution in [3.8, 4) is 0 Å². The molecule has 1 heteroatoms. The first-order chi connectivity index (χ1) is 6.84. The molecule has 2 aliphatic carbocycles. The molecule has 0 unspecified atom stereocenters. The fourth-order valence-corrected chi connectivity index (χ4v) is 3.27. The van der Waals surface area contributed by atoms with Gasteiger partial charge in [0.1, 0.15) is 0 Å². The quantitative estimate of drug-likeness (QED) is 0.626. The Morgan fingerprint density at radius 3 is 1.94 bits per heavy atom. The maximum atomic E-state index is 2.49. The van der Waals surface area contributed by atoms with Crippen molar-refractivity contribution in [2.45, 2.75) is 64.7 Å². The van der Waals surface area contributed by atoms with Crippen molar-refractivity contribution < 1.29 is 32.7 Å². The van der Waals surface area contributed by atoms with E-state index in [-0.39, 0.29) is 40.1 Å².